The second kappa shape index (κ2) is 8.26. The van der Waals surface area contributed by atoms with Crippen molar-refractivity contribution in [2.24, 2.45) is 0 Å². The monoisotopic (exact) mass is 383 g/mol. The van der Waals surface area contributed by atoms with E-state index in [1.807, 2.05) is 43.3 Å². The molecule has 0 aliphatic carbocycles. The Labute approximate surface area is 162 Å². The molecule has 0 bridgehead atoms. The molecule has 1 aromatic heterocycles. The smallest absolute Gasteiger partial charge is 0.277 e. The Morgan fingerprint density at radius 3 is 2.70 bits per heavy atom. The summed E-state index contributed by atoms with van der Waals surface area (Å²) in [6, 6.07) is 13.2. The molecular weight excluding hydrogens is 362 g/mol. The zero-order valence-corrected chi connectivity index (χ0v) is 16.5. The van der Waals surface area contributed by atoms with Gasteiger partial charge in [-0.25, -0.2) is 0 Å². The van der Waals surface area contributed by atoms with Crippen LogP contribution in [0.1, 0.15) is 18.1 Å². The highest BCUT2D eigenvalue weighted by Gasteiger charge is 2.19. The van der Waals surface area contributed by atoms with Crippen LogP contribution in [0.4, 0.5) is 5.69 Å². The third-order valence-corrected chi connectivity index (χ3v) is 5.08. The SMILES string of the molecule is COc1cccc(NC(=O)[C@H](C)Sc2nnc(-c3ccc(C)c(C)c3)o2)c1. The van der Waals surface area contributed by atoms with Crippen LogP contribution < -0.4 is 10.1 Å². The molecule has 3 rings (SSSR count). The standard InChI is InChI=1S/C20H21N3O3S/c1-12-8-9-15(10-13(12)2)19-22-23-20(26-19)27-14(3)18(24)21-16-6-5-7-17(11-16)25-4/h5-11,14H,1-4H3,(H,21,24)/t14-/m0/s1. The van der Waals surface area contributed by atoms with E-state index in [2.05, 4.69) is 22.4 Å². The average Bonchev–Trinajstić information content (AvgIpc) is 3.12. The van der Waals surface area contributed by atoms with Gasteiger partial charge in [-0.1, -0.05) is 23.9 Å². The molecule has 1 atom stereocenters. The predicted molar refractivity (Wildman–Crippen MR) is 106 cm³/mol. The average molecular weight is 383 g/mol. The summed E-state index contributed by atoms with van der Waals surface area (Å²) in [6.07, 6.45) is 0. The largest absolute Gasteiger partial charge is 0.497 e. The number of amides is 1. The van der Waals surface area contributed by atoms with E-state index in [-0.39, 0.29) is 5.91 Å². The van der Waals surface area contributed by atoms with Gasteiger partial charge in [0.1, 0.15) is 5.75 Å². The Balaban J connectivity index is 1.65. The van der Waals surface area contributed by atoms with Gasteiger partial charge in [-0.15, -0.1) is 10.2 Å². The van der Waals surface area contributed by atoms with Crippen molar-refractivity contribution in [3.05, 3.63) is 53.6 Å². The minimum atomic E-state index is -0.399. The van der Waals surface area contributed by atoms with Crippen LogP contribution in [0.2, 0.25) is 0 Å². The maximum Gasteiger partial charge on any atom is 0.277 e. The summed E-state index contributed by atoms with van der Waals surface area (Å²) in [4.78, 5) is 12.4. The highest BCUT2D eigenvalue weighted by molar-refractivity contribution is 8.00. The first-order chi connectivity index (χ1) is 13.0. The number of nitrogens with one attached hydrogen (secondary N) is 1. The summed E-state index contributed by atoms with van der Waals surface area (Å²) >= 11 is 1.22. The topological polar surface area (TPSA) is 77.2 Å². The van der Waals surface area contributed by atoms with Crippen LogP contribution in [0.15, 0.2) is 52.1 Å². The number of methoxy groups -OCH3 is 1. The fourth-order valence-electron chi connectivity index (χ4n) is 2.40. The molecule has 0 saturated heterocycles. The van der Waals surface area contributed by atoms with E-state index >= 15 is 0 Å². The molecule has 0 unspecified atom stereocenters. The van der Waals surface area contributed by atoms with E-state index in [1.54, 1.807) is 20.1 Å². The zero-order chi connectivity index (χ0) is 19.4. The van der Waals surface area contributed by atoms with Crippen molar-refractivity contribution in [1.29, 1.82) is 0 Å². The minimum Gasteiger partial charge on any atom is -0.497 e. The first-order valence-corrected chi connectivity index (χ1v) is 9.37. The fraction of sp³-hybridized carbons (Fsp3) is 0.250. The van der Waals surface area contributed by atoms with Gasteiger partial charge in [0.2, 0.25) is 11.8 Å². The molecular formula is C20H21N3O3S. The lowest BCUT2D eigenvalue weighted by molar-refractivity contribution is -0.115. The lowest BCUT2D eigenvalue weighted by atomic mass is 10.1. The lowest BCUT2D eigenvalue weighted by Crippen LogP contribution is -2.22. The zero-order valence-electron chi connectivity index (χ0n) is 15.6. The number of benzene rings is 2. The molecule has 7 heteroatoms. The van der Waals surface area contributed by atoms with E-state index < -0.39 is 5.25 Å². The van der Waals surface area contributed by atoms with Crippen LogP contribution in [0.3, 0.4) is 0 Å². The van der Waals surface area contributed by atoms with Crippen LogP contribution in [0.25, 0.3) is 11.5 Å². The van der Waals surface area contributed by atoms with Crippen molar-refractivity contribution in [3.63, 3.8) is 0 Å². The number of nitrogens with zero attached hydrogens (tertiary/aromatic N) is 2. The van der Waals surface area contributed by atoms with Crippen LogP contribution >= 0.6 is 11.8 Å². The highest BCUT2D eigenvalue weighted by Crippen LogP contribution is 2.28. The van der Waals surface area contributed by atoms with E-state index in [1.165, 1.54) is 17.3 Å². The van der Waals surface area contributed by atoms with Crippen LogP contribution in [0, 0.1) is 13.8 Å². The van der Waals surface area contributed by atoms with E-state index in [4.69, 9.17) is 9.15 Å². The number of carbonyl (C=O) groups excluding carboxylic acids is 1. The Morgan fingerprint density at radius 2 is 1.96 bits per heavy atom. The van der Waals surface area contributed by atoms with Gasteiger partial charge in [-0.3, -0.25) is 4.79 Å². The Morgan fingerprint density at radius 1 is 1.15 bits per heavy atom. The molecule has 27 heavy (non-hydrogen) atoms. The van der Waals surface area contributed by atoms with Gasteiger partial charge in [0.05, 0.1) is 12.4 Å². The molecule has 1 N–H and O–H groups in total. The number of aryl methyl sites for hydroxylation is 2. The number of thioether (sulfide) groups is 1. The Bertz CT molecular complexity index is 955. The molecule has 0 spiro atoms. The first kappa shape index (κ1) is 19.0. The molecule has 0 fully saturated rings. The van der Waals surface area contributed by atoms with Crippen molar-refractivity contribution in [2.45, 2.75) is 31.2 Å². The van der Waals surface area contributed by atoms with Gasteiger partial charge >= 0.3 is 0 Å². The van der Waals surface area contributed by atoms with Crippen molar-refractivity contribution in [2.75, 3.05) is 12.4 Å². The third kappa shape index (κ3) is 4.68. The number of aromatic nitrogens is 2. The van der Waals surface area contributed by atoms with E-state index in [0.29, 0.717) is 22.6 Å². The molecule has 140 valence electrons. The highest BCUT2D eigenvalue weighted by atomic mass is 32.2. The summed E-state index contributed by atoms with van der Waals surface area (Å²) in [5, 5.41) is 11.0. The molecule has 0 aliphatic rings. The lowest BCUT2D eigenvalue weighted by Gasteiger charge is -2.10. The number of ether oxygens (including phenoxy) is 1. The maximum atomic E-state index is 12.4. The third-order valence-electron chi connectivity index (χ3n) is 4.14. The molecule has 0 radical (unpaired) electrons. The Kier molecular flexibility index (Phi) is 5.81. The number of anilines is 1. The van der Waals surface area contributed by atoms with Gasteiger partial charge in [-0.05, 0) is 56.2 Å². The molecule has 0 aliphatic heterocycles. The van der Waals surface area contributed by atoms with Crippen molar-refractivity contribution in [1.82, 2.24) is 10.2 Å². The number of hydrogen-bond donors (Lipinski definition) is 1. The molecule has 6 nitrogen and oxygen atoms in total. The first-order valence-electron chi connectivity index (χ1n) is 8.49. The normalized spacial score (nSPS) is 11.9. The molecule has 2 aromatic carbocycles. The van der Waals surface area contributed by atoms with Crippen LogP contribution in [-0.2, 0) is 4.79 Å². The fourth-order valence-corrected chi connectivity index (χ4v) is 3.08. The van der Waals surface area contributed by atoms with Gasteiger partial charge in [0.25, 0.3) is 5.22 Å². The molecule has 1 heterocycles. The summed E-state index contributed by atoms with van der Waals surface area (Å²) in [5.74, 6) is 0.975. The number of rotatable bonds is 6. The van der Waals surface area contributed by atoms with Gasteiger partial charge in [0, 0.05) is 17.3 Å². The summed E-state index contributed by atoms with van der Waals surface area (Å²) < 4.78 is 10.9. The van der Waals surface area contributed by atoms with E-state index in [9.17, 15) is 4.79 Å². The van der Waals surface area contributed by atoms with Crippen molar-refractivity contribution >= 4 is 23.4 Å². The van der Waals surface area contributed by atoms with Gasteiger partial charge in [-0.2, -0.15) is 0 Å². The predicted octanol–water partition coefficient (Wildman–Crippen LogP) is 4.48. The summed E-state index contributed by atoms with van der Waals surface area (Å²) in [6.45, 7) is 5.88. The minimum absolute atomic E-state index is 0.154. The van der Waals surface area contributed by atoms with Crippen molar-refractivity contribution < 1.29 is 13.9 Å². The second-order valence-electron chi connectivity index (χ2n) is 6.15. The van der Waals surface area contributed by atoms with Crippen LogP contribution in [-0.4, -0.2) is 28.5 Å². The summed E-state index contributed by atoms with van der Waals surface area (Å²) in [5.41, 5.74) is 3.90. The van der Waals surface area contributed by atoms with Crippen molar-refractivity contribution in [3.8, 4) is 17.2 Å². The second-order valence-corrected chi connectivity index (χ2v) is 7.45. The molecule has 3 aromatic rings. The van der Waals surface area contributed by atoms with Crippen LogP contribution in [0.5, 0.6) is 5.75 Å². The Hall–Kier alpha value is -2.80. The number of carbonyl (C=O) groups is 1. The molecule has 0 saturated carbocycles. The van der Waals surface area contributed by atoms with Gasteiger partial charge < -0.3 is 14.5 Å². The number of hydrogen-bond acceptors (Lipinski definition) is 6. The molecule has 1 amide bonds. The van der Waals surface area contributed by atoms with Gasteiger partial charge in [0.15, 0.2) is 0 Å². The summed E-state index contributed by atoms with van der Waals surface area (Å²) in [7, 11) is 1.59. The van der Waals surface area contributed by atoms with E-state index in [0.717, 1.165) is 11.1 Å². The quantitative estimate of drug-likeness (QED) is 0.632. The maximum absolute atomic E-state index is 12.4.